The van der Waals surface area contributed by atoms with Crippen molar-refractivity contribution >= 4 is 23.9 Å². The van der Waals surface area contributed by atoms with Crippen LogP contribution in [-0.4, -0.2) is 85.1 Å². The molecule has 0 amide bonds. The summed E-state index contributed by atoms with van der Waals surface area (Å²) in [5.74, 6) is -4.71. The fourth-order valence-corrected chi connectivity index (χ4v) is 6.05. The summed E-state index contributed by atoms with van der Waals surface area (Å²) in [6.07, 6.45) is -2.39. The number of aliphatic carboxylic acids is 2. The highest BCUT2D eigenvalue weighted by Crippen LogP contribution is 2.40. The maximum absolute atomic E-state index is 13.0. The number of aryl methyl sites for hydroxylation is 2. The first-order chi connectivity index (χ1) is 26.3. The summed E-state index contributed by atoms with van der Waals surface area (Å²) in [6, 6.07) is 24.3. The van der Waals surface area contributed by atoms with Gasteiger partial charge in [-0.3, -0.25) is 0 Å². The lowest BCUT2D eigenvalue weighted by Gasteiger charge is -2.34. The molecule has 0 unspecified atom stereocenters. The average Bonchev–Trinajstić information content (AvgIpc) is 3.19. The van der Waals surface area contributed by atoms with E-state index in [2.05, 4.69) is 4.90 Å². The smallest absolute Gasteiger partial charge is 0.349 e. The molecule has 0 saturated carbocycles. The van der Waals surface area contributed by atoms with Crippen LogP contribution in [0.3, 0.4) is 0 Å². The predicted octanol–water partition coefficient (Wildman–Crippen LogP) is 4.72. The average molecular weight is 759 g/mol. The Morgan fingerprint density at radius 2 is 1.31 bits per heavy atom. The molecule has 1 heterocycles. The Morgan fingerprint density at radius 1 is 0.782 bits per heavy atom. The van der Waals surface area contributed by atoms with Crippen molar-refractivity contribution in [2.24, 2.45) is 5.92 Å². The Balaban J connectivity index is 0.000000245. The van der Waals surface area contributed by atoms with Crippen LogP contribution in [0, 0.1) is 25.6 Å². The van der Waals surface area contributed by atoms with E-state index in [-0.39, 0.29) is 22.9 Å². The normalized spacial score (nSPS) is 14.7. The number of carbonyl (C=O) groups is 4. The lowest BCUT2D eigenvalue weighted by Crippen LogP contribution is -2.51. The summed E-state index contributed by atoms with van der Waals surface area (Å²) in [5, 5.41) is 31.6. The summed E-state index contributed by atoms with van der Waals surface area (Å²) in [7, 11) is 3.21. The van der Waals surface area contributed by atoms with Gasteiger partial charge in [0.05, 0.1) is 37.4 Å². The molecule has 0 aliphatic carbocycles. The maximum Gasteiger partial charge on any atom is 0.349 e. The molecule has 1 aliphatic heterocycles. The van der Waals surface area contributed by atoms with E-state index in [0.29, 0.717) is 11.5 Å². The first kappa shape index (κ1) is 42.0. The molecule has 0 aromatic heterocycles. The molecule has 0 bridgehead atoms. The van der Waals surface area contributed by atoms with Crippen molar-refractivity contribution in [3.63, 3.8) is 0 Å². The Morgan fingerprint density at radius 3 is 1.78 bits per heavy atom. The van der Waals surface area contributed by atoms with Crippen LogP contribution >= 0.6 is 0 Å². The van der Waals surface area contributed by atoms with Crippen LogP contribution in [-0.2, 0) is 25.5 Å². The van der Waals surface area contributed by atoms with Crippen molar-refractivity contribution in [1.82, 2.24) is 4.90 Å². The highest BCUT2D eigenvalue weighted by molar-refractivity contribution is 5.95. The van der Waals surface area contributed by atoms with Crippen LogP contribution in [0.25, 0.3) is 0 Å². The van der Waals surface area contributed by atoms with E-state index in [1.54, 1.807) is 52.3 Å². The van der Waals surface area contributed by atoms with Gasteiger partial charge in [0, 0.05) is 12.1 Å². The van der Waals surface area contributed by atoms with Crippen molar-refractivity contribution in [3.05, 3.63) is 130 Å². The van der Waals surface area contributed by atoms with Crippen molar-refractivity contribution < 1.29 is 57.8 Å². The fraction of sp³-hybridized carbons (Fsp3) is 0.333. The zero-order valence-corrected chi connectivity index (χ0v) is 31.1. The van der Waals surface area contributed by atoms with Gasteiger partial charge in [-0.25, -0.2) is 18.8 Å². The molecule has 55 heavy (non-hydrogen) atoms. The Bertz CT molecular complexity index is 1820. The number of nitrogens with zero attached hydrogens (tertiary/aromatic N) is 1. The third-order valence-corrected chi connectivity index (χ3v) is 9.25. The summed E-state index contributed by atoms with van der Waals surface area (Å²) in [6.45, 7) is 6.43. The number of likely N-dealkylation sites (tertiary alicyclic amines) is 1. The molecule has 12 nitrogen and oxygen atoms in total. The van der Waals surface area contributed by atoms with Crippen LogP contribution in [0.5, 0.6) is 11.5 Å². The number of piperidine rings is 1. The van der Waals surface area contributed by atoms with Crippen molar-refractivity contribution in [1.29, 1.82) is 0 Å². The van der Waals surface area contributed by atoms with Crippen LogP contribution < -0.4 is 14.6 Å². The van der Waals surface area contributed by atoms with Crippen molar-refractivity contribution in [2.45, 2.75) is 51.4 Å². The lowest BCUT2D eigenvalue weighted by atomic mass is 9.87. The van der Waals surface area contributed by atoms with Crippen LogP contribution in [0.2, 0.25) is 0 Å². The quantitative estimate of drug-likeness (QED) is 0.170. The molecule has 4 aromatic carbocycles. The zero-order chi connectivity index (χ0) is 40.1. The van der Waals surface area contributed by atoms with Gasteiger partial charge in [0.1, 0.15) is 5.82 Å². The standard InChI is InChI=1S/C22H28FNO3.C20H18O8/c1-26-20-5-3-4-19(22(20)27-2)21(25)17-11-14-24(15-12-17)13-10-16-6-8-18(23)9-7-16;1-11-3-7-13(8-4-11)19(25)27-15(17(21)22)16(18(23)24)28-20(26)14-9-5-12(2)6-10-14/h3-9,17,21,25H,10-15H2,1-2H3;3-10,15-16H,1-2H3,(H,21,22)(H,23,24)/p-1/t21-;15-,16+/m1./s1. The largest absolute Gasteiger partial charge is 0.546 e. The molecular formula is C42H45FNO11-. The topological polar surface area (TPSA) is 172 Å². The molecule has 1 fully saturated rings. The summed E-state index contributed by atoms with van der Waals surface area (Å²) in [4.78, 5) is 49.6. The number of carboxylic acids is 2. The van der Waals surface area contributed by atoms with E-state index in [0.717, 1.165) is 61.2 Å². The Labute approximate surface area is 319 Å². The predicted molar refractivity (Wildman–Crippen MR) is 197 cm³/mol. The van der Waals surface area contributed by atoms with Gasteiger partial charge in [-0.05, 0) is 100 Å². The number of esters is 2. The zero-order valence-electron chi connectivity index (χ0n) is 31.1. The number of aliphatic hydroxyl groups is 1. The molecular weight excluding hydrogens is 713 g/mol. The number of benzene rings is 4. The summed E-state index contributed by atoms with van der Waals surface area (Å²) < 4.78 is 33.3. The second-order valence-corrected chi connectivity index (χ2v) is 13.1. The van der Waals surface area contributed by atoms with Crippen LogP contribution in [0.1, 0.15) is 61.9 Å². The molecule has 1 saturated heterocycles. The minimum Gasteiger partial charge on any atom is -0.546 e. The molecule has 0 radical (unpaired) electrons. The van der Waals surface area contributed by atoms with Crippen molar-refractivity contribution in [2.75, 3.05) is 33.9 Å². The SMILES string of the molecule is COc1cccc([C@H](O)C2CCN(CCc3ccc(F)cc3)CC2)c1OC.Cc1ccc(C(=O)O[C@H](C(=O)O)[C@@H](OC(=O)c2ccc(C)cc2)C(=O)[O-])cc1. The molecule has 3 atom stereocenters. The van der Waals surface area contributed by atoms with Gasteiger partial charge in [-0.15, -0.1) is 0 Å². The minimum atomic E-state index is -2.33. The fourth-order valence-electron chi connectivity index (χ4n) is 6.05. The van der Waals surface area contributed by atoms with E-state index in [9.17, 15) is 38.9 Å². The van der Waals surface area contributed by atoms with E-state index in [1.807, 2.05) is 30.3 Å². The number of hydrogen-bond acceptors (Lipinski definition) is 11. The number of rotatable bonds is 14. The number of methoxy groups -OCH3 is 2. The number of hydrogen-bond donors (Lipinski definition) is 2. The summed E-state index contributed by atoms with van der Waals surface area (Å²) >= 11 is 0. The molecule has 2 N–H and O–H groups in total. The van der Waals surface area contributed by atoms with Gasteiger partial charge in [-0.2, -0.15) is 0 Å². The molecule has 13 heteroatoms. The minimum absolute atomic E-state index is 0.00542. The first-order valence-electron chi connectivity index (χ1n) is 17.7. The Hall–Kier alpha value is -5.79. The van der Waals surface area contributed by atoms with Crippen LogP contribution in [0.4, 0.5) is 4.39 Å². The lowest BCUT2D eigenvalue weighted by molar-refractivity contribution is -0.317. The number of halogens is 1. The third-order valence-electron chi connectivity index (χ3n) is 9.25. The van der Waals surface area contributed by atoms with E-state index in [4.69, 9.17) is 18.9 Å². The number of carboxylic acid groups (broad SMARTS) is 2. The van der Waals surface area contributed by atoms with Gasteiger partial charge in [0.15, 0.2) is 17.6 Å². The highest BCUT2D eigenvalue weighted by atomic mass is 19.1. The van der Waals surface area contributed by atoms with Gasteiger partial charge in [0.25, 0.3) is 0 Å². The van der Waals surface area contributed by atoms with Gasteiger partial charge in [-0.1, -0.05) is 59.7 Å². The molecule has 1 aliphatic rings. The third kappa shape index (κ3) is 11.8. The molecule has 0 spiro atoms. The van der Waals surface area contributed by atoms with E-state index in [1.165, 1.54) is 36.4 Å². The van der Waals surface area contributed by atoms with E-state index >= 15 is 0 Å². The second-order valence-electron chi connectivity index (χ2n) is 13.1. The monoisotopic (exact) mass is 758 g/mol. The van der Waals surface area contributed by atoms with Gasteiger partial charge in [0.2, 0.25) is 6.10 Å². The summed E-state index contributed by atoms with van der Waals surface area (Å²) in [5.41, 5.74) is 3.67. The first-order valence-corrected chi connectivity index (χ1v) is 17.7. The number of carbonyl (C=O) groups excluding carboxylic acids is 3. The molecule has 292 valence electrons. The molecule has 5 rings (SSSR count). The van der Waals surface area contributed by atoms with Gasteiger partial charge < -0.3 is 44.0 Å². The van der Waals surface area contributed by atoms with Crippen LogP contribution in [0.15, 0.2) is 91.0 Å². The highest BCUT2D eigenvalue weighted by Gasteiger charge is 2.37. The van der Waals surface area contributed by atoms with E-state index < -0.39 is 42.2 Å². The van der Waals surface area contributed by atoms with Gasteiger partial charge >= 0.3 is 17.9 Å². The second kappa shape index (κ2) is 20.0. The molecule has 4 aromatic rings. The number of aliphatic hydroxyl groups excluding tert-OH is 1. The van der Waals surface area contributed by atoms with Crippen molar-refractivity contribution in [3.8, 4) is 11.5 Å². The maximum atomic E-state index is 13.0. The number of ether oxygens (including phenoxy) is 4. The number of para-hydroxylation sites is 1. The Kier molecular flexibility index (Phi) is 15.3.